The fraction of sp³-hybridized carbons (Fsp3) is 0.636. The number of aromatic carboxylic acids is 1. The third-order valence-electron chi connectivity index (χ3n) is 4.71. The van der Waals surface area contributed by atoms with Gasteiger partial charge in [-0.2, -0.15) is 0 Å². The van der Waals surface area contributed by atoms with Gasteiger partial charge in [-0.05, 0) is 57.7 Å². The van der Waals surface area contributed by atoms with E-state index in [1.54, 1.807) is 22.7 Å². The maximum Gasteiger partial charge on any atom is 0.411 e. The normalized spacial score (nSPS) is 18.9. The quantitative estimate of drug-likeness (QED) is 0.685. The first kappa shape index (κ1) is 23.5. The first-order valence-corrected chi connectivity index (χ1v) is 10.9. The molecular formula is C22H33NO5S. The number of thioether (sulfide) groups is 1. The predicted octanol–water partition coefficient (Wildman–Crippen LogP) is 5.11. The van der Waals surface area contributed by atoms with Crippen LogP contribution in [0.15, 0.2) is 18.2 Å². The molecule has 0 aliphatic carbocycles. The van der Waals surface area contributed by atoms with Crippen LogP contribution in [0.5, 0.6) is 0 Å². The van der Waals surface area contributed by atoms with Gasteiger partial charge in [-0.1, -0.05) is 26.0 Å². The summed E-state index contributed by atoms with van der Waals surface area (Å²) in [4.78, 5) is 25.7. The Kier molecular flexibility index (Phi) is 7.28. The molecule has 1 aliphatic heterocycles. The minimum atomic E-state index is -0.930. The zero-order chi connectivity index (χ0) is 22.0. The zero-order valence-electron chi connectivity index (χ0n) is 18.4. The number of carboxylic acids is 1. The molecule has 1 atom stereocenters. The molecule has 0 radical (unpaired) electrons. The number of hydrogen-bond donors (Lipinski definition) is 1. The molecule has 0 spiro atoms. The Balaban J connectivity index is 2.04. The molecule has 1 unspecified atom stereocenters. The highest BCUT2D eigenvalue weighted by molar-refractivity contribution is 8.00. The van der Waals surface area contributed by atoms with Crippen molar-refractivity contribution in [3.05, 3.63) is 34.9 Å². The molecule has 1 aliphatic rings. The van der Waals surface area contributed by atoms with Crippen molar-refractivity contribution in [1.29, 1.82) is 0 Å². The molecule has 162 valence electrons. The van der Waals surface area contributed by atoms with Gasteiger partial charge < -0.3 is 14.6 Å². The monoisotopic (exact) mass is 423 g/mol. The maximum atomic E-state index is 12.7. The standard InChI is InChI=1S/C22H33NO5S/c1-14(2)17-9-8-15(10-18(17)19(24)25)11-27-12-16-13-29-22(6,7)23(16)20(26)28-21(3,4)5/h8-10,14,16H,11-13H2,1-7H3,(H,24,25). The van der Waals surface area contributed by atoms with Gasteiger partial charge in [0.1, 0.15) is 5.60 Å². The SMILES string of the molecule is CC(C)c1ccc(COCC2CSC(C)(C)N2C(=O)OC(C)(C)C)cc1C(=O)O. The maximum absolute atomic E-state index is 12.7. The average molecular weight is 424 g/mol. The summed E-state index contributed by atoms with van der Waals surface area (Å²) in [6.07, 6.45) is -0.337. The van der Waals surface area contributed by atoms with Crippen molar-refractivity contribution in [3.8, 4) is 0 Å². The summed E-state index contributed by atoms with van der Waals surface area (Å²) in [6.45, 7) is 14.2. The Bertz CT molecular complexity index is 754. The Labute approximate surface area is 177 Å². The molecule has 29 heavy (non-hydrogen) atoms. The van der Waals surface area contributed by atoms with Crippen molar-refractivity contribution in [2.75, 3.05) is 12.4 Å². The highest BCUT2D eigenvalue weighted by Crippen LogP contribution is 2.40. The van der Waals surface area contributed by atoms with Crippen LogP contribution in [0, 0.1) is 0 Å². The lowest BCUT2D eigenvalue weighted by molar-refractivity contribution is -0.00578. The molecule has 0 saturated carbocycles. The third-order valence-corrected chi connectivity index (χ3v) is 6.17. The van der Waals surface area contributed by atoms with Gasteiger partial charge >= 0.3 is 12.1 Å². The summed E-state index contributed by atoms with van der Waals surface area (Å²) in [5, 5.41) is 9.48. The summed E-state index contributed by atoms with van der Waals surface area (Å²) < 4.78 is 11.5. The van der Waals surface area contributed by atoms with Crippen LogP contribution in [-0.2, 0) is 16.1 Å². The summed E-state index contributed by atoms with van der Waals surface area (Å²) in [5.74, 6) is -0.0318. The number of rotatable bonds is 6. The van der Waals surface area contributed by atoms with E-state index in [0.29, 0.717) is 18.8 Å². The van der Waals surface area contributed by atoms with Crippen molar-refractivity contribution in [1.82, 2.24) is 4.90 Å². The van der Waals surface area contributed by atoms with Crippen LogP contribution in [-0.4, -0.2) is 50.9 Å². The first-order chi connectivity index (χ1) is 13.3. The minimum Gasteiger partial charge on any atom is -0.478 e. The summed E-state index contributed by atoms with van der Waals surface area (Å²) in [5.41, 5.74) is 1.37. The van der Waals surface area contributed by atoms with Crippen LogP contribution in [0.25, 0.3) is 0 Å². The van der Waals surface area contributed by atoms with Crippen LogP contribution in [0.4, 0.5) is 4.79 Å². The van der Waals surface area contributed by atoms with E-state index in [9.17, 15) is 14.7 Å². The molecule has 0 bridgehead atoms. The lowest BCUT2D eigenvalue weighted by atomic mass is 9.95. The number of ether oxygens (including phenoxy) is 2. The lowest BCUT2D eigenvalue weighted by Gasteiger charge is -2.36. The molecule has 1 amide bonds. The highest BCUT2D eigenvalue weighted by atomic mass is 32.2. The van der Waals surface area contributed by atoms with Gasteiger partial charge in [-0.3, -0.25) is 4.90 Å². The molecule has 2 rings (SSSR count). The van der Waals surface area contributed by atoms with E-state index < -0.39 is 11.6 Å². The molecule has 1 saturated heterocycles. The van der Waals surface area contributed by atoms with E-state index in [0.717, 1.165) is 16.9 Å². The van der Waals surface area contributed by atoms with Gasteiger partial charge in [0.05, 0.1) is 29.7 Å². The van der Waals surface area contributed by atoms with E-state index in [1.165, 1.54) is 0 Å². The van der Waals surface area contributed by atoms with Gasteiger partial charge in [0.2, 0.25) is 0 Å². The van der Waals surface area contributed by atoms with Gasteiger partial charge in [0, 0.05) is 5.75 Å². The second-order valence-electron chi connectivity index (χ2n) is 9.16. The van der Waals surface area contributed by atoms with Crippen molar-refractivity contribution in [3.63, 3.8) is 0 Å². The van der Waals surface area contributed by atoms with E-state index >= 15 is 0 Å². The second-order valence-corrected chi connectivity index (χ2v) is 10.8. The van der Waals surface area contributed by atoms with E-state index in [1.807, 2.05) is 60.6 Å². The Morgan fingerprint density at radius 2 is 1.97 bits per heavy atom. The molecular weight excluding hydrogens is 390 g/mol. The van der Waals surface area contributed by atoms with Gasteiger partial charge in [0.25, 0.3) is 0 Å². The topological polar surface area (TPSA) is 76.1 Å². The number of carbonyl (C=O) groups is 2. The average Bonchev–Trinajstić information content (AvgIpc) is 2.87. The molecule has 6 nitrogen and oxygen atoms in total. The molecule has 7 heteroatoms. The number of benzene rings is 1. The van der Waals surface area contributed by atoms with Crippen molar-refractivity contribution in [2.45, 2.75) is 77.5 Å². The number of amides is 1. The van der Waals surface area contributed by atoms with E-state index in [-0.39, 0.29) is 22.9 Å². The van der Waals surface area contributed by atoms with Crippen LogP contribution in [0.3, 0.4) is 0 Å². The Morgan fingerprint density at radius 1 is 1.31 bits per heavy atom. The fourth-order valence-corrected chi connectivity index (χ4v) is 4.59. The van der Waals surface area contributed by atoms with E-state index in [4.69, 9.17) is 9.47 Å². The van der Waals surface area contributed by atoms with Gasteiger partial charge in [-0.15, -0.1) is 11.8 Å². The van der Waals surface area contributed by atoms with Gasteiger partial charge in [0.15, 0.2) is 0 Å². The molecule has 1 N–H and O–H groups in total. The first-order valence-electron chi connectivity index (χ1n) is 9.92. The number of hydrogen-bond acceptors (Lipinski definition) is 5. The molecule has 1 aromatic carbocycles. The molecule has 0 aromatic heterocycles. The fourth-order valence-electron chi connectivity index (χ4n) is 3.38. The van der Waals surface area contributed by atoms with Crippen molar-refractivity contribution >= 4 is 23.8 Å². The molecule has 1 fully saturated rings. The highest BCUT2D eigenvalue weighted by Gasteiger charge is 2.45. The van der Waals surface area contributed by atoms with Crippen LogP contribution in [0.2, 0.25) is 0 Å². The smallest absolute Gasteiger partial charge is 0.411 e. The predicted molar refractivity (Wildman–Crippen MR) is 116 cm³/mol. The van der Waals surface area contributed by atoms with E-state index in [2.05, 4.69) is 0 Å². The molecule has 1 aromatic rings. The summed E-state index contributed by atoms with van der Waals surface area (Å²) >= 11 is 1.70. The zero-order valence-corrected chi connectivity index (χ0v) is 19.3. The third kappa shape index (κ3) is 6.12. The summed E-state index contributed by atoms with van der Waals surface area (Å²) in [7, 11) is 0. The summed E-state index contributed by atoms with van der Waals surface area (Å²) in [6, 6.07) is 5.34. The Hall–Kier alpha value is -1.73. The number of nitrogens with zero attached hydrogens (tertiary/aromatic N) is 1. The number of carbonyl (C=O) groups excluding carboxylic acids is 1. The largest absolute Gasteiger partial charge is 0.478 e. The van der Waals surface area contributed by atoms with Crippen LogP contribution in [0.1, 0.15) is 75.9 Å². The van der Waals surface area contributed by atoms with Crippen LogP contribution >= 0.6 is 11.8 Å². The number of carboxylic acid groups (broad SMARTS) is 1. The van der Waals surface area contributed by atoms with Crippen molar-refractivity contribution < 1.29 is 24.2 Å². The molecule has 1 heterocycles. The van der Waals surface area contributed by atoms with Crippen LogP contribution < -0.4 is 0 Å². The van der Waals surface area contributed by atoms with Crippen molar-refractivity contribution in [2.24, 2.45) is 0 Å². The van der Waals surface area contributed by atoms with Gasteiger partial charge in [-0.25, -0.2) is 9.59 Å². The minimum absolute atomic E-state index is 0.0984. The second kappa shape index (κ2) is 8.96. The lowest BCUT2D eigenvalue weighted by Crippen LogP contribution is -2.50. The Morgan fingerprint density at radius 3 is 2.52 bits per heavy atom.